The van der Waals surface area contributed by atoms with Crippen LogP contribution in [0.2, 0.25) is 0 Å². The number of fused-ring (bicyclic) bond motifs is 2. The minimum Gasteiger partial charge on any atom is -0.382 e. The van der Waals surface area contributed by atoms with Gasteiger partial charge in [0.1, 0.15) is 0 Å². The maximum absolute atomic E-state index is 12.8. The van der Waals surface area contributed by atoms with Crippen LogP contribution in [-0.4, -0.2) is 31.7 Å². The van der Waals surface area contributed by atoms with Crippen molar-refractivity contribution < 1.29 is 9.53 Å². The van der Waals surface area contributed by atoms with Crippen molar-refractivity contribution in [1.29, 1.82) is 0 Å². The van der Waals surface area contributed by atoms with Crippen molar-refractivity contribution in [2.45, 2.75) is 77.2 Å². The van der Waals surface area contributed by atoms with E-state index in [0.29, 0.717) is 23.8 Å². The summed E-state index contributed by atoms with van der Waals surface area (Å²) in [5.74, 6) is 1.64. The second kappa shape index (κ2) is 8.18. The number of amides is 1. The molecule has 3 saturated carbocycles. The van der Waals surface area contributed by atoms with Crippen molar-refractivity contribution in [3.05, 3.63) is 0 Å². The van der Waals surface area contributed by atoms with Crippen LogP contribution in [0.1, 0.15) is 71.1 Å². The molecule has 2 bridgehead atoms. The van der Waals surface area contributed by atoms with Crippen molar-refractivity contribution >= 4 is 5.91 Å². The lowest BCUT2D eigenvalue weighted by molar-refractivity contribution is -0.128. The van der Waals surface area contributed by atoms with E-state index >= 15 is 0 Å². The Balaban J connectivity index is 1.50. The molecule has 0 aromatic rings. The number of rotatable bonds is 7. The van der Waals surface area contributed by atoms with Crippen molar-refractivity contribution in [2.75, 3.05) is 19.8 Å². The molecule has 3 fully saturated rings. The average molecular weight is 337 g/mol. The van der Waals surface area contributed by atoms with Crippen LogP contribution in [0, 0.1) is 23.2 Å². The Kier molecular flexibility index (Phi) is 6.20. The lowest BCUT2D eigenvalue weighted by Gasteiger charge is -2.43. The van der Waals surface area contributed by atoms with Crippen molar-refractivity contribution in [1.82, 2.24) is 5.32 Å². The van der Waals surface area contributed by atoms with Crippen molar-refractivity contribution in [2.24, 2.45) is 28.9 Å². The number of nitrogens with two attached hydrogens (primary N) is 1. The van der Waals surface area contributed by atoms with Gasteiger partial charge in [-0.25, -0.2) is 0 Å². The van der Waals surface area contributed by atoms with E-state index in [0.717, 1.165) is 39.0 Å². The van der Waals surface area contributed by atoms with Gasteiger partial charge in [-0.3, -0.25) is 4.79 Å². The zero-order valence-corrected chi connectivity index (χ0v) is 15.4. The van der Waals surface area contributed by atoms with Crippen LogP contribution in [0.4, 0.5) is 0 Å². The summed E-state index contributed by atoms with van der Waals surface area (Å²) in [6.07, 6.45) is 11.9. The Morgan fingerprint density at radius 3 is 2.46 bits per heavy atom. The molecule has 4 heteroatoms. The highest BCUT2D eigenvalue weighted by molar-refractivity contribution is 5.78. The lowest BCUT2D eigenvalue weighted by Crippen LogP contribution is -2.50. The first-order valence-electron chi connectivity index (χ1n) is 10.2. The van der Waals surface area contributed by atoms with Crippen molar-refractivity contribution in [3.8, 4) is 0 Å². The Hall–Kier alpha value is -0.610. The maximum Gasteiger partial charge on any atom is 0.223 e. The molecule has 4 nitrogen and oxygen atoms in total. The Bertz CT molecular complexity index is 406. The predicted octanol–water partition coefficient (Wildman–Crippen LogP) is 3.24. The fourth-order valence-corrected chi connectivity index (χ4v) is 5.50. The van der Waals surface area contributed by atoms with Crippen LogP contribution in [0.3, 0.4) is 0 Å². The van der Waals surface area contributed by atoms with E-state index in [4.69, 9.17) is 10.5 Å². The normalized spacial score (nSPS) is 34.9. The smallest absolute Gasteiger partial charge is 0.223 e. The second-order valence-electron chi connectivity index (χ2n) is 8.57. The lowest BCUT2D eigenvalue weighted by atomic mass is 9.65. The highest BCUT2D eigenvalue weighted by Crippen LogP contribution is 2.43. The Labute approximate surface area is 147 Å². The highest BCUT2D eigenvalue weighted by Gasteiger charge is 2.41. The topological polar surface area (TPSA) is 64.3 Å². The van der Waals surface area contributed by atoms with E-state index in [-0.39, 0.29) is 11.3 Å². The molecule has 3 N–H and O–H groups in total. The summed E-state index contributed by atoms with van der Waals surface area (Å²) >= 11 is 0. The summed E-state index contributed by atoms with van der Waals surface area (Å²) in [6.45, 7) is 4.51. The van der Waals surface area contributed by atoms with Gasteiger partial charge in [-0.15, -0.1) is 0 Å². The summed E-state index contributed by atoms with van der Waals surface area (Å²) in [7, 11) is 0. The van der Waals surface area contributed by atoms with E-state index in [2.05, 4.69) is 5.32 Å². The van der Waals surface area contributed by atoms with Gasteiger partial charge < -0.3 is 15.8 Å². The fraction of sp³-hybridized carbons (Fsp3) is 0.950. The zero-order chi connectivity index (χ0) is 17.0. The molecule has 0 saturated heterocycles. The number of carbonyl (C=O) groups excluding carboxylic acids is 1. The van der Waals surface area contributed by atoms with Crippen LogP contribution >= 0.6 is 0 Å². The molecule has 0 heterocycles. The van der Waals surface area contributed by atoms with E-state index < -0.39 is 0 Å². The first-order valence-corrected chi connectivity index (χ1v) is 10.2. The van der Waals surface area contributed by atoms with E-state index in [1.807, 2.05) is 6.92 Å². The van der Waals surface area contributed by atoms with Crippen LogP contribution in [-0.2, 0) is 9.53 Å². The third-order valence-electron chi connectivity index (χ3n) is 7.07. The number of hydrogen-bond acceptors (Lipinski definition) is 3. The molecule has 3 aliphatic rings. The van der Waals surface area contributed by atoms with Gasteiger partial charge in [0, 0.05) is 31.7 Å². The van der Waals surface area contributed by atoms with E-state index in [1.165, 1.54) is 44.9 Å². The van der Waals surface area contributed by atoms with Gasteiger partial charge in [0.25, 0.3) is 0 Å². The number of hydrogen-bond donors (Lipinski definition) is 2. The molecule has 0 spiro atoms. The molecular weight excluding hydrogens is 300 g/mol. The molecule has 2 unspecified atom stereocenters. The minimum atomic E-state index is 0.199. The van der Waals surface area contributed by atoms with Gasteiger partial charge in [-0.05, 0) is 69.1 Å². The maximum atomic E-state index is 12.8. The first-order chi connectivity index (χ1) is 11.6. The summed E-state index contributed by atoms with van der Waals surface area (Å²) in [5.41, 5.74) is 6.65. The fourth-order valence-electron chi connectivity index (χ4n) is 5.50. The molecular formula is C20H36N2O2. The predicted molar refractivity (Wildman–Crippen MR) is 96.6 cm³/mol. The van der Waals surface area contributed by atoms with Crippen molar-refractivity contribution in [3.63, 3.8) is 0 Å². The molecule has 138 valence electrons. The summed E-state index contributed by atoms with van der Waals surface area (Å²) < 4.78 is 5.58. The summed E-state index contributed by atoms with van der Waals surface area (Å²) in [6, 6.07) is 0.343. The molecule has 3 rings (SSSR count). The van der Waals surface area contributed by atoms with Gasteiger partial charge >= 0.3 is 0 Å². The van der Waals surface area contributed by atoms with E-state index in [1.54, 1.807) is 0 Å². The van der Waals surface area contributed by atoms with Gasteiger partial charge in [0.05, 0.1) is 0 Å². The molecule has 3 aliphatic carbocycles. The van der Waals surface area contributed by atoms with Gasteiger partial charge in [-0.2, -0.15) is 0 Å². The third-order valence-corrected chi connectivity index (χ3v) is 7.07. The van der Waals surface area contributed by atoms with E-state index in [9.17, 15) is 4.79 Å². The summed E-state index contributed by atoms with van der Waals surface area (Å²) in [5, 5.41) is 3.33. The SMILES string of the molecule is CCOCCC1(CNC(=O)C2CC3CCCC(C2)C3N)CCCC1. The Morgan fingerprint density at radius 2 is 1.83 bits per heavy atom. The second-order valence-corrected chi connectivity index (χ2v) is 8.57. The van der Waals surface area contributed by atoms with Crippen LogP contribution in [0.15, 0.2) is 0 Å². The highest BCUT2D eigenvalue weighted by atomic mass is 16.5. The van der Waals surface area contributed by atoms with Gasteiger partial charge in [0.2, 0.25) is 5.91 Å². The summed E-state index contributed by atoms with van der Waals surface area (Å²) in [4.78, 5) is 12.8. The number of nitrogens with one attached hydrogen (secondary N) is 1. The molecule has 0 aromatic heterocycles. The van der Waals surface area contributed by atoms with Crippen LogP contribution in [0.5, 0.6) is 0 Å². The van der Waals surface area contributed by atoms with Crippen LogP contribution < -0.4 is 11.1 Å². The van der Waals surface area contributed by atoms with Crippen LogP contribution in [0.25, 0.3) is 0 Å². The first kappa shape index (κ1) is 18.2. The van der Waals surface area contributed by atoms with Gasteiger partial charge in [0.15, 0.2) is 0 Å². The molecule has 0 aromatic carbocycles. The molecule has 0 aliphatic heterocycles. The third kappa shape index (κ3) is 4.13. The minimum absolute atomic E-state index is 0.199. The molecule has 1 amide bonds. The quantitative estimate of drug-likeness (QED) is 0.702. The number of ether oxygens (including phenoxy) is 1. The number of carbonyl (C=O) groups is 1. The monoisotopic (exact) mass is 336 g/mol. The van der Waals surface area contributed by atoms with Gasteiger partial charge in [-0.1, -0.05) is 19.3 Å². The Morgan fingerprint density at radius 1 is 1.17 bits per heavy atom. The molecule has 2 atom stereocenters. The molecule has 24 heavy (non-hydrogen) atoms. The standard InChI is InChI=1S/C20H36N2O2/c1-2-24-11-10-20(8-3-4-9-20)14-22-19(23)17-12-15-6-5-7-16(13-17)18(15)21/h15-18H,2-14,21H2,1H3,(H,22,23). The largest absolute Gasteiger partial charge is 0.382 e. The zero-order valence-electron chi connectivity index (χ0n) is 15.4. The molecule has 0 radical (unpaired) electrons. The average Bonchev–Trinajstić information content (AvgIpc) is 3.02.